The van der Waals surface area contributed by atoms with Gasteiger partial charge in [-0.1, -0.05) is 6.07 Å². The lowest BCUT2D eigenvalue weighted by molar-refractivity contribution is -0.384. The van der Waals surface area contributed by atoms with Crippen LogP contribution in [0.2, 0.25) is 0 Å². The first-order chi connectivity index (χ1) is 10.1. The lowest BCUT2D eigenvalue weighted by atomic mass is 10.3. The highest BCUT2D eigenvalue weighted by Gasteiger charge is 2.20. The van der Waals surface area contributed by atoms with Crippen molar-refractivity contribution in [1.82, 2.24) is 10.2 Å². The smallest absolute Gasteiger partial charge is 0.273 e. The number of ether oxygens (including phenoxy) is 1. The molecule has 1 aromatic carbocycles. The van der Waals surface area contributed by atoms with E-state index in [1.807, 2.05) is 0 Å². The topological polar surface area (TPSA) is 102 Å². The molecule has 0 atom stereocenters. The molecule has 0 spiro atoms. The fraction of sp³-hybridized carbons (Fsp3) is 0.385. The first-order valence-corrected chi connectivity index (χ1v) is 6.48. The van der Waals surface area contributed by atoms with Crippen molar-refractivity contribution < 1.29 is 19.2 Å². The van der Waals surface area contributed by atoms with Gasteiger partial charge in [-0.2, -0.15) is 0 Å². The summed E-state index contributed by atoms with van der Waals surface area (Å²) in [6, 6.07) is 5.61. The molecule has 1 saturated heterocycles. The maximum atomic E-state index is 12.0. The van der Waals surface area contributed by atoms with Crippen LogP contribution in [0.4, 0.5) is 5.69 Å². The summed E-state index contributed by atoms with van der Waals surface area (Å²) in [5.74, 6) is -0.272. The van der Waals surface area contributed by atoms with Gasteiger partial charge in [0.05, 0.1) is 17.5 Å². The molecule has 0 aromatic heterocycles. The number of carbonyl (C=O) groups is 2. The maximum Gasteiger partial charge on any atom is 0.273 e. The minimum absolute atomic E-state index is 0.0110. The minimum Gasteiger partial charge on any atom is -0.484 e. The lowest BCUT2D eigenvalue weighted by Crippen LogP contribution is -2.39. The second-order valence-electron chi connectivity index (χ2n) is 4.56. The highest BCUT2D eigenvalue weighted by atomic mass is 16.6. The van der Waals surface area contributed by atoms with E-state index in [4.69, 9.17) is 4.74 Å². The summed E-state index contributed by atoms with van der Waals surface area (Å²) >= 11 is 0. The van der Waals surface area contributed by atoms with E-state index in [0.717, 1.165) is 0 Å². The number of hydrogen-bond donors (Lipinski definition) is 1. The Kier molecular flexibility index (Phi) is 4.70. The quantitative estimate of drug-likeness (QED) is 0.636. The molecule has 112 valence electrons. The number of benzene rings is 1. The molecule has 1 aromatic rings. The molecule has 2 amide bonds. The van der Waals surface area contributed by atoms with Gasteiger partial charge >= 0.3 is 0 Å². The van der Waals surface area contributed by atoms with Gasteiger partial charge in [-0.3, -0.25) is 19.7 Å². The van der Waals surface area contributed by atoms with Crippen molar-refractivity contribution in [2.45, 2.75) is 6.42 Å². The second-order valence-corrected chi connectivity index (χ2v) is 4.56. The predicted octanol–water partition coefficient (Wildman–Crippen LogP) is 0.322. The van der Waals surface area contributed by atoms with Gasteiger partial charge in [-0.25, -0.2) is 0 Å². The normalized spacial score (nSPS) is 15.0. The van der Waals surface area contributed by atoms with Gasteiger partial charge in [0.1, 0.15) is 5.75 Å². The Morgan fingerprint density at radius 1 is 1.48 bits per heavy atom. The first kappa shape index (κ1) is 14.8. The molecule has 0 bridgehead atoms. The van der Waals surface area contributed by atoms with Crippen molar-refractivity contribution in [2.75, 3.05) is 26.2 Å². The zero-order valence-electron chi connectivity index (χ0n) is 11.3. The molecule has 1 heterocycles. The van der Waals surface area contributed by atoms with E-state index in [0.29, 0.717) is 19.5 Å². The molecule has 1 aliphatic heterocycles. The number of nitro benzene ring substituents is 1. The first-order valence-electron chi connectivity index (χ1n) is 6.48. The molecular weight excluding hydrogens is 278 g/mol. The van der Waals surface area contributed by atoms with Gasteiger partial charge in [-0.05, 0) is 12.5 Å². The van der Waals surface area contributed by atoms with Crippen LogP contribution in [0.25, 0.3) is 0 Å². The zero-order chi connectivity index (χ0) is 15.2. The van der Waals surface area contributed by atoms with Gasteiger partial charge in [0, 0.05) is 19.2 Å². The van der Waals surface area contributed by atoms with Crippen LogP contribution in [0.5, 0.6) is 5.75 Å². The number of rotatable bonds is 4. The van der Waals surface area contributed by atoms with E-state index in [-0.39, 0.29) is 36.4 Å². The Hall–Kier alpha value is -2.64. The number of nitro groups is 1. The number of amides is 2. The van der Waals surface area contributed by atoms with Crippen molar-refractivity contribution in [3.8, 4) is 5.75 Å². The molecule has 0 aliphatic carbocycles. The Balaban J connectivity index is 1.92. The summed E-state index contributed by atoms with van der Waals surface area (Å²) < 4.78 is 5.26. The Morgan fingerprint density at radius 2 is 2.29 bits per heavy atom. The molecule has 8 nitrogen and oxygen atoms in total. The predicted molar refractivity (Wildman–Crippen MR) is 72.8 cm³/mol. The standard InChI is InChI=1S/C13H15N3O5/c17-12-8-15(6-2-5-14-12)13(18)9-21-11-4-1-3-10(7-11)16(19)20/h1,3-4,7H,2,5-6,8-9H2,(H,14,17). The van der Waals surface area contributed by atoms with Gasteiger partial charge in [0.15, 0.2) is 6.61 Å². The van der Waals surface area contributed by atoms with Crippen LogP contribution >= 0.6 is 0 Å². The lowest BCUT2D eigenvalue weighted by Gasteiger charge is -2.19. The van der Waals surface area contributed by atoms with Gasteiger partial charge in [0.25, 0.3) is 11.6 Å². The van der Waals surface area contributed by atoms with Crippen molar-refractivity contribution in [3.63, 3.8) is 0 Å². The Labute approximate surface area is 120 Å². The van der Waals surface area contributed by atoms with E-state index >= 15 is 0 Å². The van der Waals surface area contributed by atoms with Crippen molar-refractivity contribution in [1.29, 1.82) is 0 Å². The molecule has 0 unspecified atom stereocenters. The SMILES string of the molecule is O=C1CN(C(=O)COc2cccc([N+](=O)[O-])c2)CCCN1. The number of carbonyl (C=O) groups excluding carboxylic acids is 2. The fourth-order valence-electron chi connectivity index (χ4n) is 1.94. The summed E-state index contributed by atoms with van der Waals surface area (Å²) in [7, 11) is 0. The molecule has 0 saturated carbocycles. The molecule has 1 N–H and O–H groups in total. The number of non-ortho nitro benzene ring substituents is 1. The summed E-state index contributed by atoms with van der Waals surface area (Å²) in [6.07, 6.45) is 0.689. The van der Waals surface area contributed by atoms with E-state index < -0.39 is 4.92 Å². The summed E-state index contributed by atoms with van der Waals surface area (Å²) in [5, 5.41) is 13.3. The maximum absolute atomic E-state index is 12.0. The van der Waals surface area contributed by atoms with Crippen molar-refractivity contribution >= 4 is 17.5 Å². The molecule has 8 heteroatoms. The third-order valence-electron chi connectivity index (χ3n) is 3.00. The van der Waals surface area contributed by atoms with Crippen LogP contribution in [-0.2, 0) is 9.59 Å². The summed E-state index contributed by atoms with van der Waals surface area (Å²) in [6.45, 7) is 0.787. The summed E-state index contributed by atoms with van der Waals surface area (Å²) in [5.41, 5.74) is -0.103. The second kappa shape index (κ2) is 6.69. The third-order valence-corrected chi connectivity index (χ3v) is 3.00. The molecule has 21 heavy (non-hydrogen) atoms. The van der Waals surface area contributed by atoms with Crippen LogP contribution in [-0.4, -0.2) is 47.9 Å². The van der Waals surface area contributed by atoms with Crippen molar-refractivity contribution in [3.05, 3.63) is 34.4 Å². The average Bonchev–Trinajstić information content (AvgIpc) is 2.69. The van der Waals surface area contributed by atoms with Crippen LogP contribution in [0, 0.1) is 10.1 Å². The minimum atomic E-state index is -0.534. The molecule has 2 rings (SSSR count). The summed E-state index contributed by atoms with van der Waals surface area (Å²) in [4.78, 5) is 34.9. The van der Waals surface area contributed by atoms with Crippen molar-refractivity contribution in [2.24, 2.45) is 0 Å². The number of nitrogens with zero attached hydrogens (tertiary/aromatic N) is 2. The fourth-order valence-corrected chi connectivity index (χ4v) is 1.94. The van der Waals surface area contributed by atoms with Crippen LogP contribution in [0.3, 0.4) is 0 Å². The highest BCUT2D eigenvalue weighted by molar-refractivity contribution is 5.85. The molecular formula is C13H15N3O5. The number of hydrogen-bond acceptors (Lipinski definition) is 5. The third kappa shape index (κ3) is 4.16. The van der Waals surface area contributed by atoms with Crippen LogP contribution in [0.15, 0.2) is 24.3 Å². The van der Waals surface area contributed by atoms with E-state index in [9.17, 15) is 19.7 Å². The Bertz CT molecular complexity index is 560. The van der Waals surface area contributed by atoms with E-state index in [1.165, 1.54) is 29.2 Å². The van der Waals surface area contributed by atoms with E-state index in [2.05, 4.69) is 5.32 Å². The van der Waals surface area contributed by atoms with Crippen LogP contribution in [0.1, 0.15) is 6.42 Å². The highest BCUT2D eigenvalue weighted by Crippen LogP contribution is 2.19. The zero-order valence-corrected chi connectivity index (χ0v) is 11.3. The molecule has 1 fully saturated rings. The van der Waals surface area contributed by atoms with Gasteiger partial charge in [-0.15, -0.1) is 0 Å². The average molecular weight is 293 g/mol. The van der Waals surface area contributed by atoms with Gasteiger partial charge < -0.3 is 15.0 Å². The Morgan fingerprint density at radius 3 is 3.05 bits per heavy atom. The largest absolute Gasteiger partial charge is 0.484 e. The monoisotopic (exact) mass is 293 g/mol. The van der Waals surface area contributed by atoms with Gasteiger partial charge in [0.2, 0.25) is 5.91 Å². The van der Waals surface area contributed by atoms with Crippen LogP contribution < -0.4 is 10.1 Å². The van der Waals surface area contributed by atoms with E-state index in [1.54, 1.807) is 0 Å². The molecule has 1 aliphatic rings. The number of nitrogens with one attached hydrogen (secondary N) is 1. The molecule has 0 radical (unpaired) electrons.